The molecule has 3 aromatic carbocycles. The van der Waals surface area contributed by atoms with Gasteiger partial charge in [-0.25, -0.2) is 0 Å². The van der Waals surface area contributed by atoms with E-state index in [0.29, 0.717) is 64.3 Å². The van der Waals surface area contributed by atoms with Gasteiger partial charge in [0, 0.05) is 23.6 Å². The molecule has 176 valence electrons. The molecule has 1 heterocycles. The molecule has 5 nitrogen and oxygen atoms in total. The SMILES string of the molecule is O=C(CCCc1ccc(Cl)c(Cl)c1)c1ccc(Oc2cc3c(cc2Cl)C(C(=O)O)CCO3)cc1. The van der Waals surface area contributed by atoms with Gasteiger partial charge in [0.1, 0.15) is 17.2 Å². The summed E-state index contributed by atoms with van der Waals surface area (Å²) < 4.78 is 11.5. The standard InChI is InChI=1S/C26H21Cl3O5/c27-20-9-4-15(12-21(20)28)2-1-3-23(30)16-5-7-17(8-6-16)34-25-14-24-19(13-22(25)29)18(26(31)32)10-11-33-24/h4-9,12-14,18H,1-3,10-11H2,(H,31,32). The molecule has 4 rings (SSSR count). The van der Waals surface area contributed by atoms with E-state index < -0.39 is 11.9 Å². The number of hydrogen-bond donors (Lipinski definition) is 1. The molecule has 1 aliphatic rings. The summed E-state index contributed by atoms with van der Waals surface area (Å²) in [7, 11) is 0. The molecule has 0 aliphatic carbocycles. The van der Waals surface area contributed by atoms with Gasteiger partial charge in [-0.1, -0.05) is 40.9 Å². The van der Waals surface area contributed by atoms with E-state index in [0.717, 1.165) is 12.0 Å². The van der Waals surface area contributed by atoms with Crippen molar-refractivity contribution in [2.24, 2.45) is 0 Å². The lowest BCUT2D eigenvalue weighted by atomic mass is 9.93. The van der Waals surface area contributed by atoms with E-state index >= 15 is 0 Å². The number of carbonyl (C=O) groups excluding carboxylic acids is 1. The number of carboxylic acid groups (broad SMARTS) is 1. The highest BCUT2D eigenvalue weighted by molar-refractivity contribution is 6.42. The second-order valence-corrected chi connectivity index (χ2v) is 9.22. The summed E-state index contributed by atoms with van der Waals surface area (Å²) in [5.41, 5.74) is 2.16. The molecule has 0 amide bonds. The van der Waals surface area contributed by atoms with Crippen molar-refractivity contribution in [2.75, 3.05) is 6.61 Å². The predicted molar refractivity (Wildman–Crippen MR) is 132 cm³/mol. The van der Waals surface area contributed by atoms with Crippen LogP contribution in [-0.4, -0.2) is 23.5 Å². The van der Waals surface area contributed by atoms with Crippen LogP contribution in [0.2, 0.25) is 15.1 Å². The zero-order valence-electron chi connectivity index (χ0n) is 18.0. The molecule has 0 saturated carbocycles. The molecular weight excluding hydrogens is 499 g/mol. The molecule has 1 N–H and O–H groups in total. The van der Waals surface area contributed by atoms with Gasteiger partial charge in [0.05, 0.1) is 27.6 Å². The van der Waals surface area contributed by atoms with Gasteiger partial charge in [0.15, 0.2) is 5.78 Å². The number of aliphatic carboxylic acids is 1. The second kappa shape index (κ2) is 10.7. The van der Waals surface area contributed by atoms with Gasteiger partial charge in [0.2, 0.25) is 0 Å². The number of Topliss-reactive ketones (excluding diaryl/α,β-unsaturated/α-hetero) is 1. The van der Waals surface area contributed by atoms with Gasteiger partial charge in [-0.05, 0) is 67.3 Å². The molecular formula is C26H21Cl3O5. The van der Waals surface area contributed by atoms with Crippen molar-refractivity contribution in [3.05, 3.63) is 86.4 Å². The molecule has 1 atom stereocenters. The van der Waals surface area contributed by atoms with Crippen molar-refractivity contribution in [2.45, 2.75) is 31.6 Å². The van der Waals surface area contributed by atoms with Crippen LogP contribution in [0.3, 0.4) is 0 Å². The highest BCUT2D eigenvalue weighted by Gasteiger charge is 2.29. The Morgan fingerprint density at radius 2 is 1.74 bits per heavy atom. The van der Waals surface area contributed by atoms with E-state index in [2.05, 4.69) is 0 Å². The van der Waals surface area contributed by atoms with Gasteiger partial charge in [0.25, 0.3) is 0 Å². The summed E-state index contributed by atoms with van der Waals surface area (Å²) in [4.78, 5) is 24.0. The fraction of sp³-hybridized carbons (Fsp3) is 0.231. The molecule has 0 aromatic heterocycles. The number of ether oxygens (including phenoxy) is 2. The van der Waals surface area contributed by atoms with Gasteiger partial charge >= 0.3 is 5.97 Å². The van der Waals surface area contributed by atoms with Crippen molar-refractivity contribution in [3.63, 3.8) is 0 Å². The van der Waals surface area contributed by atoms with Gasteiger partial charge in [-0.2, -0.15) is 0 Å². The van der Waals surface area contributed by atoms with E-state index in [1.54, 1.807) is 42.5 Å². The maximum absolute atomic E-state index is 12.6. The van der Waals surface area contributed by atoms with E-state index in [1.807, 2.05) is 12.1 Å². The monoisotopic (exact) mass is 518 g/mol. The van der Waals surface area contributed by atoms with Gasteiger partial charge in [-0.15, -0.1) is 0 Å². The maximum atomic E-state index is 12.6. The predicted octanol–water partition coefficient (Wildman–Crippen LogP) is 7.60. The Kier molecular flexibility index (Phi) is 7.67. The number of carboxylic acids is 1. The Hall–Kier alpha value is -2.73. The Bertz CT molecular complexity index is 1220. The zero-order chi connectivity index (χ0) is 24.2. The number of ketones is 1. The molecule has 0 spiro atoms. The van der Waals surface area contributed by atoms with Gasteiger partial charge < -0.3 is 14.6 Å². The summed E-state index contributed by atoms with van der Waals surface area (Å²) in [6, 6.07) is 15.5. The minimum atomic E-state index is -0.911. The average Bonchev–Trinajstić information content (AvgIpc) is 2.82. The normalized spacial score (nSPS) is 14.7. The first-order chi connectivity index (χ1) is 16.3. The van der Waals surface area contributed by atoms with Crippen LogP contribution in [0, 0.1) is 0 Å². The molecule has 8 heteroatoms. The van der Waals surface area contributed by atoms with Crippen molar-refractivity contribution in [1.82, 2.24) is 0 Å². The van der Waals surface area contributed by atoms with Crippen LogP contribution in [-0.2, 0) is 11.2 Å². The summed E-state index contributed by atoms with van der Waals surface area (Å²) in [5, 5.41) is 10.7. The Balaban J connectivity index is 1.37. The Labute approximate surface area is 212 Å². The fourth-order valence-electron chi connectivity index (χ4n) is 3.85. The summed E-state index contributed by atoms with van der Waals surface area (Å²) in [6.45, 7) is 0.312. The van der Waals surface area contributed by atoms with Crippen LogP contribution in [0.25, 0.3) is 0 Å². The lowest BCUT2D eigenvalue weighted by molar-refractivity contribution is -0.139. The Morgan fingerprint density at radius 1 is 0.971 bits per heavy atom. The lowest BCUT2D eigenvalue weighted by Gasteiger charge is -2.24. The van der Waals surface area contributed by atoms with Crippen molar-refractivity contribution in [3.8, 4) is 17.2 Å². The highest BCUT2D eigenvalue weighted by atomic mass is 35.5. The molecule has 34 heavy (non-hydrogen) atoms. The number of halogens is 3. The quantitative estimate of drug-likeness (QED) is 0.310. The summed E-state index contributed by atoms with van der Waals surface area (Å²) >= 11 is 18.3. The lowest BCUT2D eigenvalue weighted by Crippen LogP contribution is -2.20. The average molecular weight is 520 g/mol. The minimum absolute atomic E-state index is 0.0338. The van der Waals surface area contributed by atoms with Crippen molar-refractivity contribution >= 4 is 46.6 Å². The maximum Gasteiger partial charge on any atom is 0.311 e. The van der Waals surface area contributed by atoms with E-state index in [-0.39, 0.29) is 10.8 Å². The first kappa shape index (κ1) is 24.4. The van der Waals surface area contributed by atoms with Crippen molar-refractivity contribution < 1.29 is 24.2 Å². The number of fused-ring (bicyclic) bond motifs is 1. The number of aryl methyl sites for hydroxylation is 1. The smallest absolute Gasteiger partial charge is 0.311 e. The van der Waals surface area contributed by atoms with Crippen LogP contribution < -0.4 is 9.47 Å². The molecule has 1 unspecified atom stereocenters. The van der Waals surface area contributed by atoms with Gasteiger partial charge in [-0.3, -0.25) is 9.59 Å². The number of rotatable bonds is 8. The third-order valence-corrected chi connectivity index (χ3v) is 6.69. The number of benzene rings is 3. The van der Waals surface area contributed by atoms with E-state index in [9.17, 15) is 14.7 Å². The zero-order valence-corrected chi connectivity index (χ0v) is 20.3. The first-order valence-corrected chi connectivity index (χ1v) is 11.9. The number of carbonyl (C=O) groups is 2. The number of hydrogen-bond acceptors (Lipinski definition) is 4. The topological polar surface area (TPSA) is 72.8 Å². The second-order valence-electron chi connectivity index (χ2n) is 8.00. The molecule has 0 fully saturated rings. The van der Waals surface area contributed by atoms with Crippen LogP contribution in [0.15, 0.2) is 54.6 Å². The van der Waals surface area contributed by atoms with Crippen LogP contribution in [0.4, 0.5) is 0 Å². The molecule has 0 saturated heterocycles. The summed E-state index contributed by atoms with van der Waals surface area (Å²) in [5.74, 6) is -0.228. The Morgan fingerprint density at radius 3 is 2.44 bits per heavy atom. The molecule has 3 aromatic rings. The first-order valence-electron chi connectivity index (χ1n) is 10.8. The minimum Gasteiger partial charge on any atom is -0.493 e. The van der Waals surface area contributed by atoms with Crippen LogP contribution >= 0.6 is 34.8 Å². The van der Waals surface area contributed by atoms with E-state index in [4.69, 9.17) is 44.3 Å². The summed E-state index contributed by atoms with van der Waals surface area (Å²) in [6.07, 6.45) is 2.21. The fourth-order valence-corrected chi connectivity index (χ4v) is 4.38. The van der Waals surface area contributed by atoms with Crippen LogP contribution in [0.5, 0.6) is 17.2 Å². The molecule has 0 bridgehead atoms. The third kappa shape index (κ3) is 5.66. The highest BCUT2D eigenvalue weighted by Crippen LogP contribution is 2.41. The van der Waals surface area contributed by atoms with Crippen molar-refractivity contribution in [1.29, 1.82) is 0 Å². The largest absolute Gasteiger partial charge is 0.493 e. The molecule has 0 radical (unpaired) electrons. The third-order valence-electron chi connectivity index (χ3n) is 5.66. The van der Waals surface area contributed by atoms with E-state index in [1.165, 1.54) is 0 Å². The molecule has 1 aliphatic heterocycles. The van der Waals surface area contributed by atoms with Crippen LogP contribution in [0.1, 0.15) is 46.7 Å².